The lowest BCUT2D eigenvalue weighted by molar-refractivity contribution is 0.748. The minimum absolute atomic E-state index is 0.652. The summed E-state index contributed by atoms with van der Waals surface area (Å²) >= 11 is 5.77. The number of nitrogens with two attached hydrogens (primary N) is 1. The first-order chi connectivity index (χ1) is 8.04. The van der Waals surface area contributed by atoms with E-state index in [9.17, 15) is 0 Å². The third-order valence-electron chi connectivity index (χ3n) is 3.11. The summed E-state index contributed by atoms with van der Waals surface area (Å²) < 4.78 is 0. The molecule has 94 valence electrons. The fraction of sp³-hybridized carbons (Fsp3) is 0.500. The summed E-state index contributed by atoms with van der Waals surface area (Å²) in [5.74, 6) is 0.764. The van der Waals surface area contributed by atoms with Gasteiger partial charge in [0.25, 0.3) is 0 Å². The Morgan fingerprint density at radius 1 is 1.47 bits per heavy atom. The largest absolute Gasteiger partial charge is 0.398 e. The normalized spacial score (nSPS) is 18.4. The Balaban J connectivity index is 0.000000181. The van der Waals surface area contributed by atoms with Crippen molar-refractivity contribution in [2.24, 2.45) is 10.9 Å². The van der Waals surface area contributed by atoms with E-state index in [0.29, 0.717) is 10.7 Å². The topological polar surface area (TPSA) is 38.4 Å². The first-order valence-corrected chi connectivity index (χ1v) is 6.47. The number of nitrogen functional groups attached to an aromatic ring is 1. The molecule has 0 bridgehead atoms. The molecule has 1 heterocycles. The lowest BCUT2D eigenvalue weighted by Gasteiger charge is -1.99. The lowest BCUT2D eigenvalue weighted by Crippen LogP contribution is -1.98. The summed E-state index contributed by atoms with van der Waals surface area (Å²) in [6.45, 7) is 7.48. The van der Waals surface area contributed by atoms with E-state index in [-0.39, 0.29) is 0 Å². The zero-order chi connectivity index (χ0) is 12.8. The zero-order valence-electron chi connectivity index (χ0n) is 10.8. The Hall–Kier alpha value is -1.02. The van der Waals surface area contributed by atoms with Gasteiger partial charge in [0.2, 0.25) is 0 Å². The average molecular weight is 253 g/mol. The molecule has 0 spiro atoms. The predicted molar refractivity (Wildman–Crippen MR) is 77.0 cm³/mol. The molecule has 1 atom stereocenters. The summed E-state index contributed by atoms with van der Waals surface area (Å²) in [6, 6.07) is 5.72. The maximum absolute atomic E-state index is 5.77. The smallest absolute Gasteiger partial charge is 0.0638 e. The van der Waals surface area contributed by atoms with Crippen LogP contribution >= 0.6 is 11.6 Å². The van der Waals surface area contributed by atoms with Crippen LogP contribution in [0.25, 0.3) is 0 Å². The van der Waals surface area contributed by atoms with Crippen LogP contribution in [0.3, 0.4) is 0 Å². The van der Waals surface area contributed by atoms with E-state index in [0.717, 1.165) is 18.9 Å². The second kappa shape index (κ2) is 6.65. The van der Waals surface area contributed by atoms with E-state index in [4.69, 9.17) is 17.3 Å². The molecule has 2 N–H and O–H groups in total. The van der Waals surface area contributed by atoms with Gasteiger partial charge in [0.1, 0.15) is 0 Å². The van der Waals surface area contributed by atoms with E-state index in [1.165, 1.54) is 17.7 Å². The van der Waals surface area contributed by atoms with Crippen LogP contribution in [-0.4, -0.2) is 12.3 Å². The monoisotopic (exact) mass is 252 g/mol. The molecular weight excluding hydrogens is 232 g/mol. The molecule has 1 aliphatic rings. The summed E-state index contributed by atoms with van der Waals surface area (Å²) in [5.41, 5.74) is 8.72. The molecule has 1 aromatic carbocycles. The number of hydrogen-bond donors (Lipinski definition) is 1. The molecule has 0 amide bonds. The highest BCUT2D eigenvalue weighted by atomic mass is 35.5. The van der Waals surface area contributed by atoms with Gasteiger partial charge in [0.15, 0.2) is 0 Å². The predicted octanol–water partition coefficient (Wildman–Crippen LogP) is 3.97. The summed E-state index contributed by atoms with van der Waals surface area (Å²) in [5, 5.41) is 0.652. The molecule has 1 aromatic rings. The van der Waals surface area contributed by atoms with Crippen LogP contribution in [0.2, 0.25) is 5.02 Å². The van der Waals surface area contributed by atoms with Crippen molar-refractivity contribution in [3.63, 3.8) is 0 Å². The van der Waals surface area contributed by atoms with Gasteiger partial charge in [0.05, 0.1) is 10.7 Å². The van der Waals surface area contributed by atoms with Crippen molar-refractivity contribution in [3.8, 4) is 0 Å². The van der Waals surface area contributed by atoms with Gasteiger partial charge in [-0.05, 0) is 43.4 Å². The second-order valence-electron chi connectivity index (χ2n) is 4.42. The van der Waals surface area contributed by atoms with Crippen molar-refractivity contribution in [2.45, 2.75) is 33.6 Å². The second-order valence-corrected chi connectivity index (χ2v) is 4.83. The van der Waals surface area contributed by atoms with E-state index in [2.05, 4.69) is 25.8 Å². The Labute approximate surface area is 109 Å². The first kappa shape index (κ1) is 14.0. The van der Waals surface area contributed by atoms with Crippen molar-refractivity contribution in [2.75, 3.05) is 12.3 Å². The molecule has 0 radical (unpaired) electrons. The molecule has 1 unspecified atom stereocenters. The standard InChI is InChI=1S/C8H10ClN.C6H11N/c1-2-6-3-4-8(10)7(9)5-6;1-5-3-4-7-6(5)2/h3-5H,2,10H2,1H3;5H,3-4H2,1-2H3. The average Bonchev–Trinajstić information content (AvgIpc) is 2.68. The minimum atomic E-state index is 0.652. The van der Waals surface area contributed by atoms with Crippen molar-refractivity contribution in [1.29, 1.82) is 0 Å². The number of aliphatic imine (C=N–C) groups is 1. The third-order valence-corrected chi connectivity index (χ3v) is 3.44. The van der Waals surface area contributed by atoms with Gasteiger partial charge in [-0.15, -0.1) is 0 Å². The minimum Gasteiger partial charge on any atom is -0.398 e. The molecule has 0 aromatic heterocycles. The maximum Gasteiger partial charge on any atom is 0.0638 e. The molecule has 0 aliphatic carbocycles. The molecular formula is C14H21ClN2. The Morgan fingerprint density at radius 2 is 2.18 bits per heavy atom. The van der Waals surface area contributed by atoms with Crippen LogP contribution in [-0.2, 0) is 6.42 Å². The molecule has 3 heteroatoms. The quantitative estimate of drug-likeness (QED) is 0.755. The molecule has 1 aliphatic heterocycles. The summed E-state index contributed by atoms with van der Waals surface area (Å²) in [4.78, 5) is 4.23. The van der Waals surface area contributed by atoms with Gasteiger partial charge < -0.3 is 5.73 Å². The summed E-state index contributed by atoms with van der Waals surface area (Å²) in [6.07, 6.45) is 2.27. The highest BCUT2D eigenvalue weighted by Crippen LogP contribution is 2.19. The van der Waals surface area contributed by atoms with Gasteiger partial charge in [-0.25, -0.2) is 0 Å². The summed E-state index contributed by atoms with van der Waals surface area (Å²) in [7, 11) is 0. The number of halogens is 1. The van der Waals surface area contributed by atoms with Crippen molar-refractivity contribution in [3.05, 3.63) is 28.8 Å². The fourth-order valence-corrected chi connectivity index (χ4v) is 1.79. The third kappa shape index (κ3) is 4.39. The Morgan fingerprint density at radius 3 is 2.53 bits per heavy atom. The van der Waals surface area contributed by atoms with Gasteiger partial charge in [-0.2, -0.15) is 0 Å². The number of anilines is 1. The Bertz CT molecular complexity index is 399. The first-order valence-electron chi connectivity index (χ1n) is 6.09. The molecule has 2 rings (SSSR count). The lowest BCUT2D eigenvalue weighted by atomic mass is 10.1. The van der Waals surface area contributed by atoms with Gasteiger partial charge in [-0.3, -0.25) is 4.99 Å². The van der Waals surface area contributed by atoms with Crippen LogP contribution in [0, 0.1) is 5.92 Å². The van der Waals surface area contributed by atoms with Gasteiger partial charge in [-0.1, -0.05) is 31.5 Å². The molecule has 2 nitrogen and oxygen atoms in total. The fourth-order valence-electron chi connectivity index (χ4n) is 1.59. The van der Waals surface area contributed by atoms with Gasteiger partial charge in [0, 0.05) is 12.3 Å². The van der Waals surface area contributed by atoms with E-state index >= 15 is 0 Å². The maximum atomic E-state index is 5.77. The van der Waals surface area contributed by atoms with E-state index < -0.39 is 0 Å². The van der Waals surface area contributed by atoms with Crippen LogP contribution < -0.4 is 5.73 Å². The molecule has 17 heavy (non-hydrogen) atoms. The van der Waals surface area contributed by atoms with Crippen LogP contribution in [0.1, 0.15) is 32.8 Å². The number of aryl methyl sites for hydroxylation is 1. The van der Waals surface area contributed by atoms with Crippen LogP contribution in [0.4, 0.5) is 5.69 Å². The van der Waals surface area contributed by atoms with E-state index in [1.807, 2.05) is 18.2 Å². The Kier molecular flexibility index (Phi) is 5.49. The van der Waals surface area contributed by atoms with Crippen molar-refractivity contribution < 1.29 is 0 Å². The number of rotatable bonds is 1. The zero-order valence-corrected chi connectivity index (χ0v) is 11.6. The molecule has 0 saturated heterocycles. The van der Waals surface area contributed by atoms with Crippen molar-refractivity contribution >= 4 is 23.0 Å². The van der Waals surface area contributed by atoms with Crippen LogP contribution in [0.15, 0.2) is 23.2 Å². The highest BCUT2D eigenvalue weighted by Gasteiger charge is 2.09. The van der Waals surface area contributed by atoms with Crippen molar-refractivity contribution in [1.82, 2.24) is 0 Å². The number of hydrogen-bond acceptors (Lipinski definition) is 2. The van der Waals surface area contributed by atoms with Gasteiger partial charge >= 0.3 is 0 Å². The number of benzene rings is 1. The molecule has 0 fully saturated rings. The molecule has 0 saturated carbocycles. The van der Waals surface area contributed by atoms with Crippen LogP contribution in [0.5, 0.6) is 0 Å². The number of nitrogens with zero attached hydrogens (tertiary/aromatic N) is 1. The highest BCUT2D eigenvalue weighted by molar-refractivity contribution is 6.33. The SMILES string of the molecule is CC1=NCCC1C.CCc1ccc(N)c(Cl)c1. The van der Waals surface area contributed by atoms with E-state index in [1.54, 1.807) is 0 Å².